The van der Waals surface area contributed by atoms with E-state index in [1.165, 1.54) is 22.3 Å². The molecule has 3 aliphatic carbocycles. The van der Waals surface area contributed by atoms with Crippen LogP contribution in [0.1, 0.15) is 40.5 Å². The summed E-state index contributed by atoms with van der Waals surface area (Å²) in [5.41, 5.74) is 5.10. The maximum Gasteiger partial charge on any atom is 0.160 e. The van der Waals surface area contributed by atoms with E-state index < -0.39 is 14.6 Å². The zero-order valence-electron chi connectivity index (χ0n) is 13.9. The van der Waals surface area contributed by atoms with E-state index in [-0.39, 0.29) is 23.6 Å². The van der Waals surface area contributed by atoms with Crippen LogP contribution < -0.4 is 0 Å². The number of hydrogen-bond acceptors (Lipinski definition) is 3. The molecule has 0 amide bonds. The molecule has 1 fully saturated rings. The highest BCUT2D eigenvalue weighted by Crippen LogP contribution is 2.64. The van der Waals surface area contributed by atoms with Crippen LogP contribution in [0.2, 0.25) is 0 Å². The SMILES string of the molecule is CN(C)[C@H]1CS(=O)(=O)[C@]12CC1c3ccccc3C2c2ccccc21. The second-order valence-corrected chi connectivity index (χ2v) is 9.99. The van der Waals surface area contributed by atoms with Gasteiger partial charge in [0.05, 0.1) is 5.75 Å². The second-order valence-electron chi connectivity index (χ2n) is 7.66. The van der Waals surface area contributed by atoms with Crippen LogP contribution in [-0.4, -0.2) is 44.0 Å². The van der Waals surface area contributed by atoms with E-state index in [0.717, 1.165) is 6.42 Å². The maximum absolute atomic E-state index is 13.1. The molecule has 1 spiro atoms. The van der Waals surface area contributed by atoms with Crippen molar-refractivity contribution in [2.24, 2.45) is 0 Å². The molecule has 2 bridgehead atoms. The van der Waals surface area contributed by atoms with Crippen molar-refractivity contribution < 1.29 is 8.42 Å². The highest BCUT2D eigenvalue weighted by atomic mass is 32.2. The van der Waals surface area contributed by atoms with Crippen molar-refractivity contribution >= 4 is 9.84 Å². The van der Waals surface area contributed by atoms with Crippen LogP contribution in [0.25, 0.3) is 0 Å². The monoisotopic (exact) mass is 339 g/mol. The van der Waals surface area contributed by atoms with Gasteiger partial charge in [0.25, 0.3) is 0 Å². The standard InChI is InChI=1S/C20H21NO2S/c1-21(2)18-12-24(22,23)20(18)11-17-13-7-3-5-9-15(13)19(20)16-10-6-4-8-14(16)17/h3-10,17-19H,11-12H2,1-2H3/t17?,18-,19?,20+/m0/s1. The van der Waals surface area contributed by atoms with Gasteiger partial charge in [0.15, 0.2) is 9.84 Å². The van der Waals surface area contributed by atoms with E-state index in [9.17, 15) is 8.42 Å². The quantitative estimate of drug-likeness (QED) is 0.802. The van der Waals surface area contributed by atoms with Crippen LogP contribution in [-0.2, 0) is 9.84 Å². The molecule has 0 aromatic heterocycles. The summed E-state index contributed by atoms with van der Waals surface area (Å²) in [4.78, 5) is 2.12. The van der Waals surface area contributed by atoms with Crippen molar-refractivity contribution in [2.75, 3.05) is 19.8 Å². The molecule has 3 nitrogen and oxygen atoms in total. The van der Waals surface area contributed by atoms with Crippen LogP contribution in [0.4, 0.5) is 0 Å². The molecule has 124 valence electrons. The Labute approximate surface area is 143 Å². The molecule has 1 heterocycles. The Morgan fingerprint density at radius 3 is 1.88 bits per heavy atom. The van der Waals surface area contributed by atoms with E-state index in [1.807, 2.05) is 26.2 Å². The summed E-state index contributed by atoms with van der Waals surface area (Å²) in [5.74, 6) is 0.439. The highest BCUT2D eigenvalue weighted by molar-refractivity contribution is 7.94. The summed E-state index contributed by atoms with van der Waals surface area (Å²) >= 11 is 0. The van der Waals surface area contributed by atoms with Gasteiger partial charge in [-0.2, -0.15) is 0 Å². The van der Waals surface area contributed by atoms with Crippen molar-refractivity contribution in [1.29, 1.82) is 0 Å². The molecular weight excluding hydrogens is 318 g/mol. The van der Waals surface area contributed by atoms with E-state index in [2.05, 4.69) is 41.3 Å². The molecule has 2 aromatic carbocycles. The van der Waals surface area contributed by atoms with E-state index in [0.29, 0.717) is 0 Å². The minimum Gasteiger partial charge on any atom is -0.304 e. The predicted octanol–water partition coefficient (Wildman–Crippen LogP) is 2.76. The lowest BCUT2D eigenvalue weighted by atomic mass is 9.56. The molecule has 2 atom stereocenters. The molecule has 1 aliphatic heterocycles. The largest absolute Gasteiger partial charge is 0.304 e. The van der Waals surface area contributed by atoms with Gasteiger partial charge in [-0.1, -0.05) is 48.5 Å². The number of hydrogen-bond donors (Lipinski definition) is 0. The Morgan fingerprint density at radius 1 is 0.917 bits per heavy atom. The van der Waals surface area contributed by atoms with E-state index >= 15 is 0 Å². The summed E-state index contributed by atoms with van der Waals surface area (Å²) in [5, 5.41) is 0. The first-order valence-electron chi connectivity index (χ1n) is 8.54. The van der Waals surface area contributed by atoms with Gasteiger partial charge in [-0.05, 0) is 42.8 Å². The highest BCUT2D eigenvalue weighted by Gasteiger charge is 2.69. The summed E-state index contributed by atoms with van der Waals surface area (Å²) in [6.45, 7) is 0. The van der Waals surface area contributed by atoms with Gasteiger partial charge in [-0.15, -0.1) is 0 Å². The predicted molar refractivity (Wildman–Crippen MR) is 95.2 cm³/mol. The third-order valence-corrected chi connectivity index (χ3v) is 9.11. The third kappa shape index (κ3) is 1.50. The van der Waals surface area contributed by atoms with Gasteiger partial charge in [0.2, 0.25) is 0 Å². The van der Waals surface area contributed by atoms with Crippen molar-refractivity contribution in [3.05, 3.63) is 70.8 Å². The zero-order valence-corrected chi connectivity index (χ0v) is 14.8. The first kappa shape index (κ1) is 14.7. The number of rotatable bonds is 1. The number of sulfone groups is 1. The van der Waals surface area contributed by atoms with Crippen molar-refractivity contribution in [3.63, 3.8) is 0 Å². The lowest BCUT2D eigenvalue weighted by Gasteiger charge is -2.61. The van der Waals surface area contributed by atoms with Gasteiger partial charge in [0, 0.05) is 17.9 Å². The number of nitrogens with zero attached hydrogens (tertiary/aromatic N) is 1. The van der Waals surface area contributed by atoms with Gasteiger partial charge < -0.3 is 4.90 Å². The number of benzene rings is 2. The van der Waals surface area contributed by atoms with Crippen LogP contribution in [0.5, 0.6) is 0 Å². The lowest BCUT2D eigenvalue weighted by Crippen LogP contribution is -2.73. The Bertz CT molecular complexity index is 902. The lowest BCUT2D eigenvalue weighted by molar-refractivity contribution is 0.173. The Hall–Kier alpha value is -1.65. The van der Waals surface area contributed by atoms with E-state index in [4.69, 9.17) is 0 Å². The molecule has 24 heavy (non-hydrogen) atoms. The molecule has 0 unspecified atom stereocenters. The van der Waals surface area contributed by atoms with Crippen LogP contribution in [0, 0.1) is 0 Å². The Balaban J connectivity index is 1.84. The Kier molecular flexibility index (Phi) is 2.75. The summed E-state index contributed by atoms with van der Waals surface area (Å²) in [7, 11) is 0.933. The van der Waals surface area contributed by atoms with Gasteiger partial charge in [-0.25, -0.2) is 8.42 Å². The average molecular weight is 339 g/mol. The average Bonchev–Trinajstić information content (AvgIpc) is 2.59. The van der Waals surface area contributed by atoms with Crippen molar-refractivity contribution in [3.8, 4) is 0 Å². The molecular formula is C20H21NO2S. The molecule has 6 rings (SSSR count). The van der Waals surface area contributed by atoms with Crippen LogP contribution in [0.15, 0.2) is 48.5 Å². The topological polar surface area (TPSA) is 37.4 Å². The van der Waals surface area contributed by atoms with E-state index in [1.54, 1.807) is 0 Å². The zero-order chi connectivity index (χ0) is 16.7. The molecule has 2 aromatic rings. The molecule has 0 saturated carbocycles. The summed E-state index contributed by atoms with van der Waals surface area (Å²) < 4.78 is 25.5. The van der Waals surface area contributed by atoms with Gasteiger partial charge in [-0.3, -0.25) is 0 Å². The third-order valence-electron chi connectivity index (χ3n) is 6.52. The minimum atomic E-state index is -3.10. The molecule has 4 aliphatic rings. The molecule has 4 heteroatoms. The Morgan fingerprint density at radius 2 is 1.42 bits per heavy atom. The smallest absolute Gasteiger partial charge is 0.160 e. The summed E-state index contributed by atoms with van der Waals surface area (Å²) in [6, 6.07) is 17.0. The van der Waals surface area contributed by atoms with Crippen molar-refractivity contribution in [2.45, 2.75) is 29.0 Å². The minimum absolute atomic E-state index is 0.0407. The van der Waals surface area contributed by atoms with Crippen LogP contribution >= 0.6 is 0 Å². The summed E-state index contributed by atoms with van der Waals surface area (Å²) in [6.07, 6.45) is 0.719. The van der Waals surface area contributed by atoms with Crippen molar-refractivity contribution in [1.82, 2.24) is 4.90 Å². The maximum atomic E-state index is 13.1. The molecule has 0 N–H and O–H groups in total. The van der Waals surface area contributed by atoms with Crippen LogP contribution in [0.3, 0.4) is 0 Å². The van der Waals surface area contributed by atoms with Gasteiger partial charge >= 0.3 is 0 Å². The second kappa shape index (κ2) is 4.50. The fraction of sp³-hybridized carbons (Fsp3) is 0.400. The first-order valence-corrected chi connectivity index (χ1v) is 10.2. The fourth-order valence-electron chi connectivity index (χ4n) is 5.53. The van der Waals surface area contributed by atoms with Gasteiger partial charge in [0.1, 0.15) is 4.75 Å². The first-order chi connectivity index (χ1) is 11.5. The molecule has 1 saturated heterocycles. The normalized spacial score (nSPS) is 34.7. The molecule has 0 radical (unpaired) electrons. The fourth-order valence-corrected chi connectivity index (χ4v) is 8.30.